The molecule has 4 amide bonds. The predicted molar refractivity (Wildman–Crippen MR) is 152 cm³/mol. The molecular formula is C28H40N6O3S. The SMILES string of the molecule is CCNC(=O)Nc1sc2ccccc2c1C(=O)N1CCC(N2CCCC3(C2)NC(C)(C)N(CC)C3=O)CC1. The summed E-state index contributed by atoms with van der Waals surface area (Å²) in [5.41, 5.74) is -0.275. The number of likely N-dealkylation sites (tertiary alicyclic amines) is 2. The van der Waals surface area contributed by atoms with Crippen LogP contribution < -0.4 is 16.0 Å². The molecule has 5 rings (SSSR count). The van der Waals surface area contributed by atoms with Crippen LogP contribution in [0.1, 0.15) is 63.7 Å². The number of nitrogens with one attached hydrogen (secondary N) is 3. The lowest BCUT2D eigenvalue weighted by Crippen LogP contribution is -2.62. The van der Waals surface area contributed by atoms with Crippen molar-refractivity contribution in [2.24, 2.45) is 0 Å². The molecule has 1 aromatic heterocycles. The summed E-state index contributed by atoms with van der Waals surface area (Å²) in [6.07, 6.45) is 3.60. The summed E-state index contributed by atoms with van der Waals surface area (Å²) in [5, 5.41) is 10.8. The van der Waals surface area contributed by atoms with Gasteiger partial charge >= 0.3 is 6.03 Å². The number of urea groups is 1. The minimum atomic E-state index is -0.514. The quantitative estimate of drug-likeness (QED) is 0.538. The van der Waals surface area contributed by atoms with Crippen LogP contribution >= 0.6 is 11.3 Å². The molecule has 0 bridgehead atoms. The van der Waals surface area contributed by atoms with Crippen molar-refractivity contribution >= 4 is 44.3 Å². The Bertz CT molecular complexity index is 1220. The van der Waals surface area contributed by atoms with Crippen molar-refractivity contribution in [1.29, 1.82) is 0 Å². The van der Waals surface area contributed by atoms with Crippen LogP contribution in [0.15, 0.2) is 24.3 Å². The standard InChI is InChI=1S/C28H40N6O3S/c1-5-29-26(37)30-23-22(20-10-7-8-11-21(20)38-23)24(35)32-16-12-19(13-17-32)33-15-9-14-28(18-33)25(36)34(6-2)27(3,4)31-28/h7-8,10-11,19,31H,5-6,9,12-18H2,1-4H3,(H2,29,30,37). The van der Waals surface area contributed by atoms with Gasteiger partial charge in [0.05, 0.1) is 11.2 Å². The van der Waals surface area contributed by atoms with Crippen molar-refractivity contribution in [3.05, 3.63) is 29.8 Å². The van der Waals surface area contributed by atoms with Crippen molar-refractivity contribution in [1.82, 2.24) is 25.3 Å². The monoisotopic (exact) mass is 540 g/mol. The van der Waals surface area contributed by atoms with E-state index in [1.54, 1.807) is 0 Å². The molecule has 3 aliphatic heterocycles. The Balaban J connectivity index is 1.28. The summed E-state index contributed by atoms with van der Waals surface area (Å²) < 4.78 is 0.980. The molecule has 1 atom stereocenters. The predicted octanol–water partition coefficient (Wildman–Crippen LogP) is 3.67. The third-order valence-electron chi connectivity index (χ3n) is 8.35. The second-order valence-electron chi connectivity index (χ2n) is 11.2. The zero-order chi connectivity index (χ0) is 27.1. The summed E-state index contributed by atoms with van der Waals surface area (Å²) in [6, 6.07) is 7.86. The van der Waals surface area contributed by atoms with E-state index < -0.39 is 5.54 Å². The fraction of sp³-hybridized carbons (Fsp3) is 0.607. The molecule has 0 radical (unpaired) electrons. The van der Waals surface area contributed by atoms with E-state index in [0.29, 0.717) is 42.8 Å². The molecule has 3 fully saturated rings. The number of carbonyl (C=O) groups excluding carboxylic acids is 3. The Morgan fingerprint density at radius 2 is 1.87 bits per heavy atom. The molecule has 38 heavy (non-hydrogen) atoms. The highest BCUT2D eigenvalue weighted by Gasteiger charge is 2.56. The highest BCUT2D eigenvalue weighted by molar-refractivity contribution is 7.23. The molecule has 206 valence electrons. The number of benzene rings is 1. The number of thiophene rings is 1. The zero-order valence-corrected chi connectivity index (χ0v) is 23.7. The van der Waals surface area contributed by atoms with E-state index in [1.807, 2.05) is 47.9 Å². The normalized spacial score (nSPS) is 24.4. The maximum atomic E-state index is 13.8. The molecule has 2 aromatic rings. The molecule has 1 aromatic carbocycles. The molecule has 9 nitrogen and oxygen atoms in total. The maximum Gasteiger partial charge on any atom is 0.319 e. The minimum Gasteiger partial charge on any atom is -0.338 e. The van der Waals surface area contributed by atoms with Crippen molar-refractivity contribution < 1.29 is 14.4 Å². The van der Waals surface area contributed by atoms with E-state index in [1.165, 1.54) is 11.3 Å². The Hall–Kier alpha value is -2.69. The van der Waals surface area contributed by atoms with Crippen LogP contribution in [-0.2, 0) is 4.79 Å². The van der Waals surface area contributed by atoms with Crippen LogP contribution in [0.25, 0.3) is 10.1 Å². The topological polar surface area (TPSA) is 97.0 Å². The van der Waals surface area contributed by atoms with Crippen LogP contribution in [0.3, 0.4) is 0 Å². The maximum absolute atomic E-state index is 13.8. The number of fused-ring (bicyclic) bond motifs is 1. The number of hydrogen-bond acceptors (Lipinski definition) is 6. The molecule has 0 aliphatic carbocycles. The first-order valence-electron chi connectivity index (χ1n) is 13.9. The second-order valence-corrected chi connectivity index (χ2v) is 12.3. The molecular weight excluding hydrogens is 500 g/mol. The Morgan fingerprint density at radius 1 is 1.13 bits per heavy atom. The van der Waals surface area contributed by atoms with Gasteiger partial charge in [-0.2, -0.15) is 0 Å². The van der Waals surface area contributed by atoms with Crippen LogP contribution in [0, 0.1) is 0 Å². The number of amides is 4. The van der Waals surface area contributed by atoms with Gasteiger partial charge < -0.3 is 15.1 Å². The van der Waals surface area contributed by atoms with Gasteiger partial charge in [-0.05, 0) is 66.0 Å². The molecule has 1 unspecified atom stereocenters. The lowest BCUT2D eigenvalue weighted by atomic mass is 9.86. The minimum absolute atomic E-state index is 0.0317. The third-order valence-corrected chi connectivity index (χ3v) is 9.44. The number of nitrogens with zero attached hydrogens (tertiary/aromatic N) is 3. The van der Waals surface area contributed by atoms with E-state index in [0.717, 1.165) is 48.9 Å². The number of rotatable bonds is 5. The van der Waals surface area contributed by atoms with E-state index in [-0.39, 0.29) is 23.5 Å². The van der Waals surface area contributed by atoms with Gasteiger partial charge in [0.25, 0.3) is 5.91 Å². The van der Waals surface area contributed by atoms with Gasteiger partial charge in [-0.1, -0.05) is 18.2 Å². The van der Waals surface area contributed by atoms with Gasteiger partial charge in [0.1, 0.15) is 10.5 Å². The highest BCUT2D eigenvalue weighted by atomic mass is 32.1. The fourth-order valence-electron chi connectivity index (χ4n) is 6.68. The van der Waals surface area contributed by atoms with Crippen molar-refractivity contribution in [2.75, 3.05) is 44.6 Å². The van der Waals surface area contributed by atoms with E-state index in [2.05, 4.69) is 34.7 Å². The van der Waals surface area contributed by atoms with Crippen LogP contribution in [0.2, 0.25) is 0 Å². The Kier molecular flexibility index (Phi) is 7.41. The highest BCUT2D eigenvalue weighted by Crippen LogP contribution is 2.38. The average Bonchev–Trinajstić information content (AvgIpc) is 3.34. The molecule has 3 saturated heterocycles. The van der Waals surface area contributed by atoms with Gasteiger partial charge in [0.2, 0.25) is 5.91 Å². The summed E-state index contributed by atoms with van der Waals surface area (Å²) in [7, 11) is 0. The smallest absolute Gasteiger partial charge is 0.319 e. The fourth-order valence-corrected chi connectivity index (χ4v) is 7.77. The van der Waals surface area contributed by atoms with Crippen LogP contribution in [0.5, 0.6) is 0 Å². The van der Waals surface area contributed by atoms with E-state index in [4.69, 9.17) is 0 Å². The average molecular weight is 541 g/mol. The first-order chi connectivity index (χ1) is 18.2. The van der Waals surface area contributed by atoms with Crippen LogP contribution in [0.4, 0.5) is 9.80 Å². The Labute approximate surface area is 228 Å². The largest absolute Gasteiger partial charge is 0.338 e. The van der Waals surface area contributed by atoms with Gasteiger partial charge in [-0.3, -0.25) is 25.1 Å². The van der Waals surface area contributed by atoms with E-state index >= 15 is 0 Å². The van der Waals surface area contributed by atoms with Crippen LogP contribution in [-0.4, -0.2) is 89.1 Å². The number of hydrogen-bond donors (Lipinski definition) is 3. The number of carbonyl (C=O) groups is 3. The lowest BCUT2D eigenvalue weighted by molar-refractivity contribution is -0.136. The van der Waals surface area contributed by atoms with Crippen molar-refractivity contribution in [3.63, 3.8) is 0 Å². The van der Waals surface area contributed by atoms with Gasteiger partial charge in [-0.15, -0.1) is 11.3 Å². The van der Waals surface area contributed by atoms with Crippen molar-refractivity contribution in [3.8, 4) is 0 Å². The molecule has 4 heterocycles. The van der Waals surface area contributed by atoms with Gasteiger partial charge in [0.15, 0.2) is 0 Å². The molecule has 10 heteroatoms. The molecule has 1 spiro atoms. The summed E-state index contributed by atoms with van der Waals surface area (Å²) in [5.74, 6) is 0.189. The Morgan fingerprint density at radius 3 is 2.55 bits per heavy atom. The summed E-state index contributed by atoms with van der Waals surface area (Å²) >= 11 is 1.44. The molecule has 0 saturated carbocycles. The van der Waals surface area contributed by atoms with E-state index in [9.17, 15) is 14.4 Å². The number of likely N-dealkylation sites (N-methyl/N-ethyl adjacent to an activating group) is 1. The van der Waals surface area contributed by atoms with Crippen molar-refractivity contribution in [2.45, 2.75) is 70.6 Å². The number of anilines is 1. The first-order valence-corrected chi connectivity index (χ1v) is 14.7. The zero-order valence-electron chi connectivity index (χ0n) is 22.9. The lowest BCUT2D eigenvalue weighted by Gasteiger charge is -2.45. The van der Waals surface area contributed by atoms with Gasteiger partial charge in [-0.25, -0.2) is 4.79 Å². The summed E-state index contributed by atoms with van der Waals surface area (Å²) in [6.45, 7) is 12.3. The summed E-state index contributed by atoms with van der Waals surface area (Å²) in [4.78, 5) is 45.9. The molecule has 3 N–H and O–H groups in total. The molecule has 3 aliphatic rings. The van der Waals surface area contributed by atoms with Gasteiger partial charge in [0, 0.05) is 48.9 Å². The second kappa shape index (κ2) is 10.5. The first kappa shape index (κ1) is 26.9. The third kappa shape index (κ3) is 4.78. The number of piperidine rings is 2.